The molecule has 6 nitrogen and oxygen atoms in total. The molecule has 0 radical (unpaired) electrons. The highest BCUT2D eigenvalue weighted by atomic mass is 32.2. The molecule has 3 rings (SSSR count). The average molecular weight is 461 g/mol. The minimum Gasteiger partial charge on any atom is -0.406 e. The summed E-state index contributed by atoms with van der Waals surface area (Å²) >= 11 is 0.731. The van der Waals surface area contributed by atoms with Gasteiger partial charge in [0.25, 0.3) is 5.91 Å². The largest absolute Gasteiger partial charge is 0.573 e. The third-order valence-corrected chi connectivity index (χ3v) is 7.50. The molecule has 1 heterocycles. The lowest BCUT2D eigenvalue weighted by atomic mass is 9.74. The SMILES string of the molecule is CC1(C)CC(=O)c2c(S(C)(=O)=O)sc(C(=O)Nc3ccc(OC(F)(F)F)cc3)c2C1. The number of alkyl halides is 3. The number of thiophene rings is 1. The van der Waals surface area contributed by atoms with Gasteiger partial charge in [-0.2, -0.15) is 0 Å². The predicted molar refractivity (Wildman–Crippen MR) is 105 cm³/mol. The van der Waals surface area contributed by atoms with Crippen LogP contribution in [-0.4, -0.2) is 32.7 Å². The molecular weight excluding hydrogens is 443 g/mol. The molecule has 1 aromatic carbocycles. The van der Waals surface area contributed by atoms with E-state index in [1.54, 1.807) is 0 Å². The summed E-state index contributed by atoms with van der Waals surface area (Å²) in [5.74, 6) is -1.41. The molecule has 162 valence electrons. The first-order valence-corrected chi connectivity index (χ1v) is 11.4. The quantitative estimate of drug-likeness (QED) is 0.726. The molecule has 0 saturated carbocycles. The Morgan fingerprint density at radius 3 is 2.30 bits per heavy atom. The summed E-state index contributed by atoms with van der Waals surface area (Å²) in [6.45, 7) is 3.71. The van der Waals surface area contributed by atoms with E-state index in [-0.39, 0.29) is 32.5 Å². The Bertz CT molecular complexity index is 1120. The van der Waals surface area contributed by atoms with E-state index < -0.39 is 33.3 Å². The number of ether oxygens (including phenoxy) is 1. The summed E-state index contributed by atoms with van der Waals surface area (Å²) in [7, 11) is -3.73. The van der Waals surface area contributed by atoms with Crippen molar-refractivity contribution in [3.05, 3.63) is 40.3 Å². The predicted octanol–water partition coefficient (Wildman–Crippen LogP) is 4.46. The van der Waals surface area contributed by atoms with Crippen molar-refractivity contribution in [3.63, 3.8) is 0 Å². The molecule has 11 heteroatoms. The fraction of sp³-hybridized carbons (Fsp3) is 0.368. The Morgan fingerprint density at radius 1 is 1.17 bits per heavy atom. The molecule has 2 aromatic rings. The number of benzene rings is 1. The normalized spacial score (nSPS) is 16.1. The molecule has 1 amide bonds. The van der Waals surface area contributed by atoms with E-state index >= 15 is 0 Å². The maximum Gasteiger partial charge on any atom is 0.573 e. The fourth-order valence-electron chi connectivity index (χ4n) is 3.33. The molecule has 0 saturated heterocycles. The van der Waals surface area contributed by atoms with Gasteiger partial charge in [-0.25, -0.2) is 8.42 Å². The molecular formula is C19H18F3NO5S2. The van der Waals surface area contributed by atoms with Crippen LogP contribution in [0, 0.1) is 5.41 Å². The van der Waals surface area contributed by atoms with E-state index in [1.165, 1.54) is 12.1 Å². The molecule has 0 atom stereocenters. The highest BCUT2D eigenvalue weighted by Crippen LogP contribution is 2.43. The summed E-state index contributed by atoms with van der Waals surface area (Å²) in [5, 5.41) is 2.53. The first kappa shape index (κ1) is 22.3. The second-order valence-electron chi connectivity index (χ2n) is 7.81. The number of hydrogen-bond acceptors (Lipinski definition) is 6. The van der Waals surface area contributed by atoms with Crippen LogP contribution in [0.5, 0.6) is 5.75 Å². The lowest BCUT2D eigenvalue weighted by Crippen LogP contribution is -2.28. The third-order valence-electron chi connectivity index (χ3n) is 4.44. The van der Waals surface area contributed by atoms with E-state index in [4.69, 9.17) is 0 Å². The number of sulfone groups is 1. The van der Waals surface area contributed by atoms with Gasteiger partial charge in [-0.05, 0) is 41.7 Å². The van der Waals surface area contributed by atoms with Crippen LogP contribution in [0.15, 0.2) is 28.5 Å². The summed E-state index contributed by atoms with van der Waals surface area (Å²) in [4.78, 5) is 25.6. The number of carbonyl (C=O) groups is 2. The van der Waals surface area contributed by atoms with Crippen molar-refractivity contribution in [3.8, 4) is 5.75 Å². The Balaban J connectivity index is 1.94. The van der Waals surface area contributed by atoms with E-state index in [0.717, 1.165) is 29.7 Å². The van der Waals surface area contributed by atoms with Crippen molar-refractivity contribution < 1.29 is 35.9 Å². The highest BCUT2D eigenvalue weighted by molar-refractivity contribution is 7.92. The number of nitrogens with one attached hydrogen (secondary N) is 1. The van der Waals surface area contributed by atoms with Gasteiger partial charge in [0.05, 0.1) is 10.4 Å². The van der Waals surface area contributed by atoms with Crippen LogP contribution in [-0.2, 0) is 16.3 Å². The molecule has 0 unspecified atom stereocenters. The molecule has 1 aliphatic carbocycles. The molecule has 0 spiro atoms. The molecule has 1 N–H and O–H groups in total. The van der Waals surface area contributed by atoms with Gasteiger partial charge in [0.15, 0.2) is 15.6 Å². The van der Waals surface area contributed by atoms with Crippen LogP contribution < -0.4 is 10.1 Å². The van der Waals surface area contributed by atoms with Crippen molar-refractivity contribution in [1.82, 2.24) is 0 Å². The standard InChI is InChI=1S/C19H18F3NO5S2/c1-18(2)8-12-14(13(24)9-18)17(30(3,26)27)29-15(12)16(25)23-10-4-6-11(7-5-10)28-19(20,21)22/h4-7H,8-9H2,1-3H3,(H,23,25). The number of halogens is 3. The zero-order chi connectivity index (χ0) is 22.5. The number of Topliss-reactive ketones (excluding diaryl/α,β-unsaturated/α-hetero) is 1. The number of hydrogen-bond donors (Lipinski definition) is 1. The van der Waals surface area contributed by atoms with Crippen molar-refractivity contribution >= 4 is 38.6 Å². The number of ketones is 1. The molecule has 1 aliphatic rings. The van der Waals surface area contributed by atoms with Crippen molar-refractivity contribution in [2.75, 3.05) is 11.6 Å². The Kier molecular flexibility index (Phi) is 5.48. The molecule has 0 fully saturated rings. The summed E-state index contributed by atoms with van der Waals surface area (Å²) in [5.41, 5.74) is 0.210. The van der Waals surface area contributed by atoms with Crippen LogP contribution >= 0.6 is 11.3 Å². The van der Waals surface area contributed by atoms with E-state index in [1.807, 2.05) is 13.8 Å². The van der Waals surface area contributed by atoms with Gasteiger partial charge in [0, 0.05) is 18.4 Å². The van der Waals surface area contributed by atoms with Crippen LogP contribution in [0.3, 0.4) is 0 Å². The Hall–Kier alpha value is -2.40. The highest BCUT2D eigenvalue weighted by Gasteiger charge is 2.39. The van der Waals surface area contributed by atoms with Gasteiger partial charge < -0.3 is 10.1 Å². The fourth-order valence-corrected chi connectivity index (χ4v) is 5.76. The van der Waals surface area contributed by atoms with Crippen molar-refractivity contribution in [2.45, 2.75) is 37.3 Å². The van der Waals surface area contributed by atoms with Gasteiger partial charge in [0.2, 0.25) is 0 Å². The van der Waals surface area contributed by atoms with Crippen LogP contribution in [0.2, 0.25) is 0 Å². The summed E-state index contributed by atoms with van der Waals surface area (Å²) < 4.78 is 64.8. The minimum absolute atomic E-state index is 0.0703. The monoisotopic (exact) mass is 461 g/mol. The summed E-state index contributed by atoms with van der Waals surface area (Å²) in [6.07, 6.45) is -3.34. The number of amides is 1. The second kappa shape index (κ2) is 7.38. The number of rotatable bonds is 4. The topological polar surface area (TPSA) is 89.5 Å². The lowest BCUT2D eigenvalue weighted by molar-refractivity contribution is -0.274. The number of fused-ring (bicyclic) bond motifs is 1. The van der Waals surface area contributed by atoms with E-state index in [9.17, 15) is 31.2 Å². The van der Waals surface area contributed by atoms with E-state index in [2.05, 4.69) is 10.1 Å². The third kappa shape index (κ3) is 4.84. The smallest absolute Gasteiger partial charge is 0.406 e. The zero-order valence-electron chi connectivity index (χ0n) is 16.2. The van der Waals surface area contributed by atoms with Gasteiger partial charge in [0.1, 0.15) is 9.96 Å². The van der Waals surface area contributed by atoms with E-state index in [0.29, 0.717) is 12.0 Å². The van der Waals surface area contributed by atoms with Crippen molar-refractivity contribution in [1.29, 1.82) is 0 Å². The average Bonchev–Trinajstić information content (AvgIpc) is 2.94. The van der Waals surface area contributed by atoms with Gasteiger partial charge in [-0.15, -0.1) is 24.5 Å². The summed E-state index contributed by atoms with van der Waals surface area (Å²) in [6, 6.07) is 4.54. The van der Waals surface area contributed by atoms with Crippen LogP contribution in [0.1, 0.15) is 45.9 Å². The minimum atomic E-state index is -4.83. The van der Waals surface area contributed by atoms with Gasteiger partial charge >= 0.3 is 6.36 Å². The number of carbonyl (C=O) groups excluding carboxylic acids is 2. The molecule has 30 heavy (non-hydrogen) atoms. The lowest BCUT2D eigenvalue weighted by Gasteiger charge is -2.29. The molecule has 0 bridgehead atoms. The zero-order valence-corrected chi connectivity index (χ0v) is 17.8. The first-order valence-electron chi connectivity index (χ1n) is 8.72. The van der Waals surface area contributed by atoms with Crippen LogP contribution in [0.4, 0.5) is 18.9 Å². The number of anilines is 1. The molecule has 1 aromatic heterocycles. The first-order chi connectivity index (χ1) is 13.7. The van der Waals surface area contributed by atoms with Crippen LogP contribution in [0.25, 0.3) is 0 Å². The van der Waals surface area contributed by atoms with Crippen molar-refractivity contribution in [2.24, 2.45) is 5.41 Å². The molecule has 0 aliphatic heterocycles. The maximum absolute atomic E-state index is 12.8. The second-order valence-corrected chi connectivity index (χ2v) is 11.0. The van der Waals surface area contributed by atoms with Gasteiger partial charge in [-0.3, -0.25) is 9.59 Å². The Labute approximate surface area is 175 Å². The maximum atomic E-state index is 12.8. The Morgan fingerprint density at radius 2 is 1.77 bits per heavy atom. The van der Waals surface area contributed by atoms with Gasteiger partial charge in [-0.1, -0.05) is 13.8 Å².